The molecule has 0 N–H and O–H groups in total. The van der Waals surface area contributed by atoms with Crippen molar-refractivity contribution in [3.05, 3.63) is 93.8 Å². The number of esters is 1. The second-order valence-corrected chi connectivity index (χ2v) is 9.98. The van der Waals surface area contributed by atoms with Crippen molar-refractivity contribution in [1.29, 1.82) is 0 Å². The molecule has 3 aromatic carbocycles. The van der Waals surface area contributed by atoms with E-state index in [2.05, 4.69) is 0 Å². The number of anilines is 1. The lowest BCUT2D eigenvalue weighted by Gasteiger charge is -2.20. The molecule has 1 aliphatic heterocycles. The van der Waals surface area contributed by atoms with E-state index in [0.29, 0.717) is 24.0 Å². The third-order valence-electron chi connectivity index (χ3n) is 5.96. The van der Waals surface area contributed by atoms with E-state index in [9.17, 15) is 18.0 Å². The Hall–Kier alpha value is -4.11. The summed E-state index contributed by atoms with van der Waals surface area (Å²) in [5.41, 5.74) is 2.02. The fourth-order valence-corrected chi connectivity index (χ4v) is 5.75. The molecular formula is C26H21NO7S. The predicted molar refractivity (Wildman–Crippen MR) is 130 cm³/mol. The van der Waals surface area contributed by atoms with Crippen LogP contribution in [0.15, 0.2) is 80.8 Å². The molecule has 0 aliphatic carbocycles. The summed E-state index contributed by atoms with van der Waals surface area (Å²) in [6, 6.07) is 17.5. The zero-order valence-electron chi connectivity index (χ0n) is 19.0. The van der Waals surface area contributed by atoms with Gasteiger partial charge in [-0.1, -0.05) is 18.2 Å². The van der Waals surface area contributed by atoms with Crippen molar-refractivity contribution in [1.82, 2.24) is 0 Å². The molecule has 178 valence electrons. The van der Waals surface area contributed by atoms with Gasteiger partial charge in [-0.2, -0.15) is 0 Å². The van der Waals surface area contributed by atoms with Crippen LogP contribution in [-0.4, -0.2) is 28.0 Å². The number of ether oxygens (including phenoxy) is 2. The number of aryl methyl sites for hydroxylation is 1. The number of benzene rings is 3. The molecule has 0 atom stereocenters. The number of methoxy groups -OCH3 is 1. The van der Waals surface area contributed by atoms with Crippen LogP contribution in [0.4, 0.5) is 5.69 Å². The Kier molecular flexibility index (Phi) is 5.56. The Morgan fingerprint density at radius 1 is 1.03 bits per heavy atom. The SMILES string of the molecule is COc1ccc(S(=O)(=O)N2CCc3ccccc32)cc1C(=O)Oc1ccc2c(C)cc(=O)oc2c1. The van der Waals surface area contributed by atoms with Gasteiger partial charge in [-0.05, 0) is 60.9 Å². The van der Waals surface area contributed by atoms with Gasteiger partial charge < -0.3 is 13.9 Å². The Morgan fingerprint density at radius 2 is 1.83 bits per heavy atom. The molecule has 0 bridgehead atoms. The average molecular weight is 492 g/mol. The maximum absolute atomic E-state index is 13.4. The van der Waals surface area contributed by atoms with Crippen LogP contribution in [0.3, 0.4) is 0 Å². The lowest BCUT2D eigenvalue weighted by atomic mass is 10.1. The third-order valence-corrected chi connectivity index (χ3v) is 7.77. The van der Waals surface area contributed by atoms with Crippen molar-refractivity contribution < 1.29 is 27.1 Å². The van der Waals surface area contributed by atoms with E-state index in [1.54, 1.807) is 31.2 Å². The number of nitrogens with zero attached hydrogens (tertiary/aromatic N) is 1. The van der Waals surface area contributed by atoms with E-state index in [1.807, 2.05) is 12.1 Å². The van der Waals surface area contributed by atoms with E-state index in [4.69, 9.17) is 13.9 Å². The highest BCUT2D eigenvalue weighted by Crippen LogP contribution is 2.34. The third kappa shape index (κ3) is 4.04. The van der Waals surface area contributed by atoms with Gasteiger partial charge >= 0.3 is 11.6 Å². The molecule has 35 heavy (non-hydrogen) atoms. The molecule has 0 saturated carbocycles. The number of para-hydroxylation sites is 1. The number of hydrogen-bond acceptors (Lipinski definition) is 7. The quantitative estimate of drug-likeness (QED) is 0.235. The van der Waals surface area contributed by atoms with E-state index in [1.165, 1.54) is 41.7 Å². The van der Waals surface area contributed by atoms with Gasteiger partial charge in [-0.3, -0.25) is 4.31 Å². The van der Waals surface area contributed by atoms with Crippen LogP contribution in [0.5, 0.6) is 11.5 Å². The molecule has 4 aromatic rings. The monoisotopic (exact) mass is 491 g/mol. The molecule has 0 radical (unpaired) electrons. The molecule has 5 rings (SSSR count). The second-order valence-electron chi connectivity index (χ2n) is 8.11. The number of hydrogen-bond donors (Lipinski definition) is 0. The minimum absolute atomic E-state index is 0.0492. The van der Waals surface area contributed by atoms with Gasteiger partial charge in [0.1, 0.15) is 22.6 Å². The van der Waals surface area contributed by atoms with Crippen molar-refractivity contribution >= 4 is 32.6 Å². The van der Waals surface area contributed by atoms with Crippen molar-refractivity contribution in [2.75, 3.05) is 18.0 Å². The Morgan fingerprint density at radius 3 is 2.63 bits per heavy atom. The summed E-state index contributed by atoms with van der Waals surface area (Å²) in [6.45, 7) is 2.09. The van der Waals surface area contributed by atoms with Crippen molar-refractivity contribution in [2.24, 2.45) is 0 Å². The molecule has 2 heterocycles. The highest BCUT2D eigenvalue weighted by Gasteiger charge is 2.32. The van der Waals surface area contributed by atoms with Gasteiger partial charge in [0.15, 0.2) is 0 Å². The van der Waals surface area contributed by atoms with Crippen LogP contribution >= 0.6 is 0 Å². The summed E-state index contributed by atoms with van der Waals surface area (Å²) in [5, 5.41) is 0.709. The smallest absolute Gasteiger partial charge is 0.347 e. The first-order valence-corrected chi connectivity index (χ1v) is 12.3. The van der Waals surface area contributed by atoms with E-state index in [-0.39, 0.29) is 27.5 Å². The molecule has 0 saturated heterocycles. The van der Waals surface area contributed by atoms with E-state index < -0.39 is 21.6 Å². The van der Waals surface area contributed by atoms with E-state index >= 15 is 0 Å². The van der Waals surface area contributed by atoms with Crippen LogP contribution < -0.4 is 19.4 Å². The van der Waals surface area contributed by atoms with E-state index in [0.717, 1.165) is 11.1 Å². The fourth-order valence-electron chi connectivity index (χ4n) is 4.22. The molecule has 0 fully saturated rings. The zero-order chi connectivity index (χ0) is 24.7. The molecule has 8 nitrogen and oxygen atoms in total. The minimum atomic E-state index is -3.92. The van der Waals surface area contributed by atoms with Gasteiger partial charge in [0.05, 0.1) is 17.7 Å². The van der Waals surface area contributed by atoms with Crippen LogP contribution in [0.1, 0.15) is 21.5 Å². The molecular weight excluding hydrogens is 470 g/mol. The van der Waals surface area contributed by atoms with Crippen LogP contribution in [-0.2, 0) is 16.4 Å². The maximum atomic E-state index is 13.4. The van der Waals surface area contributed by atoms with Crippen LogP contribution in [0.2, 0.25) is 0 Å². The highest BCUT2D eigenvalue weighted by atomic mass is 32.2. The predicted octanol–water partition coefficient (Wildman–Crippen LogP) is 4.08. The van der Waals surface area contributed by atoms with Crippen LogP contribution in [0.25, 0.3) is 11.0 Å². The number of carbonyl (C=O) groups is 1. The van der Waals surface area contributed by atoms with Gasteiger partial charge in [0.25, 0.3) is 10.0 Å². The van der Waals surface area contributed by atoms with Gasteiger partial charge in [-0.15, -0.1) is 0 Å². The number of carbonyl (C=O) groups excluding carboxylic acids is 1. The largest absolute Gasteiger partial charge is 0.496 e. The Labute approximate surface area is 201 Å². The topological polar surface area (TPSA) is 103 Å². The summed E-state index contributed by atoms with van der Waals surface area (Å²) in [7, 11) is -2.54. The second kappa shape index (κ2) is 8.59. The summed E-state index contributed by atoms with van der Waals surface area (Å²) >= 11 is 0. The van der Waals surface area contributed by atoms with Crippen molar-refractivity contribution in [3.8, 4) is 11.5 Å². The summed E-state index contributed by atoms with van der Waals surface area (Å²) in [4.78, 5) is 24.7. The van der Waals surface area contributed by atoms with Gasteiger partial charge in [0, 0.05) is 24.1 Å². The Bertz CT molecular complexity index is 1640. The van der Waals surface area contributed by atoms with Crippen molar-refractivity contribution in [2.45, 2.75) is 18.2 Å². The first-order valence-electron chi connectivity index (χ1n) is 10.8. The minimum Gasteiger partial charge on any atom is -0.496 e. The molecule has 0 unspecified atom stereocenters. The van der Waals surface area contributed by atoms with Crippen molar-refractivity contribution in [3.63, 3.8) is 0 Å². The molecule has 0 amide bonds. The highest BCUT2D eigenvalue weighted by molar-refractivity contribution is 7.92. The average Bonchev–Trinajstić information content (AvgIpc) is 3.28. The summed E-state index contributed by atoms with van der Waals surface area (Å²) in [5.74, 6) is -0.506. The molecule has 1 aliphatic rings. The normalized spacial score (nSPS) is 13.0. The summed E-state index contributed by atoms with van der Waals surface area (Å²) < 4.78 is 44.2. The lowest BCUT2D eigenvalue weighted by molar-refractivity contribution is 0.0731. The Balaban J connectivity index is 1.49. The van der Waals surface area contributed by atoms with Gasteiger partial charge in [0.2, 0.25) is 0 Å². The van der Waals surface area contributed by atoms with Crippen LogP contribution in [0, 0.1) is 6.92 Å². The number of rotatable bonds is 5. The summed E-state index contributed by atoms with van der Waals surface area (Å²) in [6.07, 6.45) is 0.609. The molecule has 1 aromatic heterocycles. The first kappa shape index (κ1) is 22.7. The standard InChI is InChI=1S/C26H21NO7S/c1-16-13-25(28)34-24-14-18(7-9-20(16)24)33-26(29)21-15-19(8-10-23(21)32-2)35(30,31)27-12-11-17-5-3-4-6-22(17)27/h3-10,13-15H,11-12H2,1-2H3. The molecule has 0 spiro atoms. The lowest BCUT2D eigenvalue weighted by Crippen LogP contribution is -2.29. The number of fused-ring (bicyclic) bond motifs is 2. The van der Waals surface area contributed by atoms with Gasteiger partial charge in [-0.25, -0.2) is 18.0 Å². The fraction of sp³-hybridized carbons (Fsp3) is 0.154. The first-order chi connectivity index (χ1) is 16.8. The number of sulfonamides is 1. The zero-order valence-corrected chi connectivity index (χ0v) is 19.8. The molecule has 9 heteroatoms. The maximum Gasteiger partial charge on any atom is 0.347 e.